The predicted molar refractivity (Wildman–Crippen MR) is 96.6 cm³/mol. The standard InChI is InChI=1S/C19H37N3O/c1-3-11-22(12-7-10-18-8-5-6-9-18)19(23)17-21-15-13-20(4-2)14-16-21/h18H,3-17H2,1-2H3. The number of likely N-dealkylation sites (N-methyl/N-ethyl adjacent to an activating group) is 1. The monoisotopic (exact) mass is 323 g/mol. The molecule has 0 spiro atoms. The van der Waals surface area contributed by atoms with Crippen LogP contribution < -0.4 is 0 Å². The largest absolute Gasteiger partial charge is 0.342 e. The van der Waals surface area contributed by atoms with Gasteiger partial charge >= 0.3 is 0 Å². The zero-order valence-electron chi connectivity index (χ0n) is 15.4. The van der Waals surface area contributed by atoms with Crippen molar-refractivity contribution in [3.63, 3.8) is 0 Å². The van der Waals surface area contributed by atoms with E-state index in [-0.39, 0.29) is 0 Å². The summed E-state index contributed by atoms with van der Waals surface area (Å²) in [7, 11) is 0. The minimum Gasteiger partial charge on any atom is -0.342 e. The van der Waals surface area contributed by atoms with Crippen LogP contribution >= 0.6 is 0 Å². The van der Waals surface area contributed by atoms with Crippen LogP contribution in [0.25, 0.3) is 0 Å². The van der Waals surface area contributed by atoms with Gasteiger partial charge in [-0.1, -0.05) is 39.5 Å². The van der Waals surface area contributed by atoms with Gasteiger partial charge in [0.05, 0.1) is 6.54 Å². The lowest BCUT2D eigenvalue weighted by atomic mass is 10.0. The smallest absolute Gasteiger partial charge is 0.236 e. The van der Waals surface area contributed by atoms with E-state index >= 15 is 0 Å². The summed E-state index contributed by atoms with van der Waals surface area (Å²) in [5.41, 5.74) is 0. The molecule has 0 aromatic carbocycles. The Kier molecular flexibility index (Phi) is 8.38. The Hall–Kier alpha value is -0.610. The van der Waals surface area contributed by atoms with Crippen molar-refractivity contribution in [3.8, 4) is 0 Å². The zero-order chi connectivity index (χ0) is 16.5. The Labute approximate surface area is 143 Å². The maximum absolute atomic E-state index is 12.7. The van der Waals surface area contributed by atoms with Gasteiger partial charge in [-0.25, -0.2) is 0 Å². The second kappa shape index (κ2) is 10.3. The minimum absolute atomic E-state index is 0.350. The molecule has 1 saturated carbocycles. The molecule has 0 bridgehead atoms. The molecule has 1 saturated heterocycles. The van der Waals surface area contributed by atoms with Crippen LogP contribution in [0.3, 0.4) is 0 Å². The van der Waals surface area contributed by atoms with Crippen molar-refractivity contribution >= 4 is 5.91 Å². The summed E-state index contributed by atoms with van der Waals surface area (Å²) < 4.78 is 0. The van der Waals surface area contributed by atoms with Gasteiger partial charge in [0.25, 0.3) is 0 Å². The van der Waals surface area contributed by atoms with Crippen molar-refractivity contribution in [3.05, 3.63) is 0 Å². The number of piperazine rings is 1. The molecular formula is C19H37N3O. The van der Waals surface area contributed by atoms with E-state index in [0.29, 0.717) is 12.5 Å². The highest BCUT2D eigenvalue weighted by molar-refractivity contribution is 5.78. The lowest BCUT2D eigenvalue weighted by Gasteiger charge is -2.34. The zero-order valence-corrected chi connectivity index (χ0v) is 15.4. The van der Waals surface area contributed by atoms with E-state index < -0.39 is 0 Å². The van der Waals surface area contributed by atoms with Crippen LogP contribution in [0.15, 0.2) is 0 Å². The number of rotatable bonds is 9. The van der Waals surface area contributed by atoms with Gasteiger partial charge in [-0.2, -0.15) is 0 Å². The molecule has 0 aromatic rings. The molecule has 0 atom stereocenters. The summed E-state index contributed by atoms with van der Waals surface area (Å²) in [6, 6.07) is 0. The van der Waals surface area contributed by atoms with Gasteiger partial charge in [-0.05, 0) is 31.7 Å². The van der Waals surface area contributed by atoms with Crippen LogP contribution in [0.5, 0.6) is 0 Å². The third kappa shape index (κ3) is 6.42. The lowest BCUT2D eigenvalue weighted by Crippen LogP contribution is -2.50. The summed E-state index contributed by atoms with van der Waals surface area (Å²) in [6.45, 7) is 12.4. The van der Waals surface area contributed by atoms with E-state index in [2.05, 4.69) is 28.5 Å². The van der Waals surface area contributed by atoms with Gasteiger partial charge < -0.3 is 9.80 Å². The average molecular weight is 324 g/mol. The first kappa shape index (κ1) is 18.7. The van der Waals surface area contributed by atoms with E-state index in [1.54, 1.807) is 0 Å². The van der Waals surface area contributed by atoms with Gasteiger partial charge in [0.15, 0.2) is 0 Å². The van der Waals surface area contributed by atoms with E-state index in [0.717, 1.165) is 58.2 Å². The first-order valence-electron chi connectivity index (χ1n) is 9.95. The second-order valence-electron chi connectivity index (χ2n) is 7.38. The van der Waals surface area contributed by atoms with Crippen molar-refractivity contribution in [2.24, 2.45) is 5.92 Å². The molecule has 0 radical (unpaired) electrons. The van der Waals surface area contributed by atoms with Gasteiger partial charge in [-0.3, -0.25) is 9.69 Å². The summed E-state index contributed by atoms with van der Waals surface area (Å²) in [4.78, 5) is 19.6. The molecule has 1 aliphatic heterocycles. The number of amides is 1. The average Bonchev–Trinajstić information content (AvgIpc) is 3.08. The molecular weight excluding hydrogens is 286 g/mol. The Morgan fingerprint density at radius 1 is 1.00 bits per heavy atom. The lowest BCUT2D eigenvalue weighted by molar-refractivity contribution is -0.133. The predicted octanol–water partition coefficient (Wildman–Crippen LogP) is 2.83. The Morgan fingerprint density at radius 2 is 1.65 bits per heavy atom. The summed E-state index contributed by atoms with van der Waals surface area (Å²) in [5, 5.41) is 0. The SMILES string of the molecule is CCCN(CCCC1CCCC1)C(=O)CN1CCN(CC)CC1. The van der Waals surface area contributed by atoms with Crippen LogP contribution in [0, 0.1) is 5.92 Å². The van der Waals surface area contributed by atoms with Crippen molar-refractivity contribution in [1.29, 1.82) is 0 Å². The molecule has 0 unspecified atom stereocenters. The highest BCUT2D eigenvalue weighted by atomic mass is 16.2. The quantitative estimate of drug-likeness (QED) is 0.653. The number of hydrogen-bond acceptors (Lipinski definition) is 3. The molecule has 134 valence electrons. The fourth-order valence-electron chi connectivity index (χ4n) is 4.06. The number of carbonyl (C=O) groups is 1. The van der Waals surface area contributed by atoms with E-state index in [9.17, 15) is 4.79 Å². The molecule has 4 heteroatoms. The van der Waals surface area contributed by atoms with E-state index in [1.165, 1.54) is 38.5 Å². The summed E-state index contributed by atoms with van der Waals surface area (Å²) in [6.07, 6.45) is 9.27. The summed E-state index contributed by atoms with van der Waals surface area (Å²) in [5.74, 6) is 1.29. The van der Waals surface area contributed by atoms with Crippen LogP contribution in [0.4, 0.5) is 0 Å². The number of nitrogens with zero attached hydrogens (tertiary/aromatic N) is 3. The molecule has 0 N–H and O–H groups in total. The van der Waals surface area contributed by atoms with Crippen molar-refractivity contribution in [2.45, 2.75) is 58.8 Å². The highest BCUT2D eigenvalue weighted by Gasteiger charge is 2.21. The van der Waals surface area contributed by atoms with Crippen LogP contribution in [-0.4, -0.2) is 73.0 Å². The van der Waals surface area contributed by atoms with Gasteiger partial charge in [-0.15, -0.1) is 0 Å². The molecule has 0 aromatic heterocycles. The first-order valence-corrected chi connectivity index (χ1v) is 9.95. The fourth-order valence-corrected chi connectivity index (χ4v) is 4.06. The molecule has 2 fully saturated rings. The topological polar surface area (TPSA) is 26.8 Å². The molecule has 1 heterocycles. The second-order valence-corrected chi connectivity index (χ2v) is 7.38. The molecule has 1 amide bonds. The first-order chi connectivity index (χ1) is 11.2. The highest BCUT2D eigenvalue weighted by Crippen LogP contribution is 2.28. The third-order valence-corrected chi connectivity index (χ3v) is 5.63. The number of carbonyl (C=O) groups excluding carboxylic acids is 1. The molecule has 2 aliphatic rings. The maximum atomic E-state index is 12.7. The fraction of sp³-hybridized carbons (Fsp3) is 0.947. The van der Waals surface area contributed by atoms with Crippen molar-refractivity contribution in [2.75, 3.05) is 52.4 Å². The third-order valence-electron chi connectivity index (χ3n) is 5.63. The van der Waals surface area contributed by atoms with Crippen LogP contribution in [-0.2, 0) is 4.79 Å². The normalized spacial score (nSPS) is 21.0. The Balaban J connectivity index is 1.69. The van der Waals surface area contributed by atoms with Gasteiger partial charge in [0.1, 0.15) is 0 Å². The minimum atomic E-state index is 0.350. The van der Waals surface area contributed by atoms with Crippen molar-refractivity contribution < 1.29 is 4.79 Å². The van der Waals surface area contributed by atoms with Gasteiger partial charge in [0, 0.05) is 39.3 Å². The molecule has 1 aliphatic carbocycles. The maximum Gasteiger partial charge on any atom is 0.236 e. The van der Waals surface area contributed by atoms with Crippen molar-refractivity contribution in [1.82, 2.24) is 14.7 Å². The van der Waals surface area contributed by atoms with Crippen LogP contribution in [0.1, 0.15) is 58.8 Å². The molecule has 2 rings (SSSR count). The molecule has 23 heavy (non-hydrogen) atoms. The number of hydrogen-bond donors (Lipinski definition) is 0. The Bertz CT molecular complexity index is 334. The Morgan fingerprint density at radius 3 is 2.26 bits per heavy atom. The molecule has 4 nitrogen and oxygen atoms in total. The summed E-state index contributed by atoms with van der Waals surface area (Å²) >= 11 is 0. The van der Waals surface area contributed by atoms with E-state index in [1.807, 2.05) is 0 Å². The van der Waals surface area contributed by atoms with Crippen LogP contribution in [0.2, 0.25) is 0 Å². The van der Waals surface area contributed by atoms with E-state index in [4.69, 9.17) is 0 Å². The van der Waals surface area contributed by atoms with Gasteiger partial charge in [0.2, 0.25) is 5.91 Å².